The molecule has 0 aliphatic heterocycles. The predicted molar refractivity (Wildman–Crippen MR) is 139 cm³/mol. The van der Waals surface area contributed by atoms with Crippen molar-refractivity contribution in [1.82, 2.24) is 4.98 Å². The fourth-order valence-electron chi connectivity index (χ4n) is 3.92. The molecule has 4 heteroatoms. The van der Waals surface area contributed by atoms with Gasteiger partial charge in [-0.1, -0.05) is 76.6 Å². The van der Waals surface area contributed by atoms with Gasteiger partial charge in [-0.3, -0.25) is 4.79 Å². The zero-order chi connectivity index (χ0) is 23.4. The number of aliphatic hydroxyl groups is 1. The molecular weight excluding hydrogens is 474 g/mol. The lowest BCUT2D eigenvalue weighted by atomic mass is 9.90. The first kappa shape index (κ1) is 23.1. The summed E-state index contributed by atoms with van der Waals surface area (Å²) in [6.45, 7) is 3.54. The van der Waals surface area contributed by atoms with Crippen LogP contribution in [0.3, 0.4) is 0 Å². The summed E-state index contributed by atoms with van der Waals surface area (Å²) in [6.07, 6.45) is 4.92. The Morgan fingerprint density at radius 2 is 1.76 bits per heavy atom. The fraction of sp³-hybridized carbons (Fsp3) is 0.172. The van der Waals surface area contributed by atoms with Crippen LogP contribution in [0.5, 0.6) is 0 Å². The summed E-state index contributed by atoms with van der Waals surface area (Å²) in [5.41, 5.74) is 4.37. The minimum Gasteiger partial charge on any atom is -0.386 e. The van der Waals surface area contributed by atoms with Crippen LogP contribution in [-0.4, -0.2) is 15.9 Å². The molecule has 4 rings (SSSR count). The Kier molecular flexibility index (Phi) is 6.87. The van der Waals surface area contributed by atoms with Crippen LogP contribution in [0.4, 0.5) is 0 Å². The highest BCUT2D eigenvalue weighted by Crippen LogP contribution is 2.25. The highest BCUT2D eigenvalue weighted by atomic mass is 79.9. The van der Waals surface area contributed by atoms with Crippen LogP contribution in [0.15, 0.2) is 83.3 Å². The van der Waals surface area contributed by atoms with E-state index in [1.165, 1.54) is 0 Å². The molecule has 3 nitrogen and oxygen atoms in total. The van der Waals surface area contributed by atoms with Gasteiger partial charge in [-0.2, -0.15) is 0 Å². The number of halogens is 1. The number of rotatable bonds is 7. The maximum absolute atomic E-state index is 12.9. The molecule has 1 heterocycles. The molecule has 0 fully saturated rings. The minimum absolute atomic E-state index is 0.0875. The molecule has 0 saturated carbocycles. The van der Waals surface area contributed by atoms with Gasteiger partial charge in [0.1, 0.15) is 0 Å². The van der Waals surface area contributed by atoms with E-state index < -0.39 is 5.60 Å². The molecule has 1 N–H and O–H groups in total. The lowest BCUT2D eigenvalue weighted by Gasteiger charge is -2.21. The second-order valence-corrected chi connectivity index (χ2v) is 9.59. The number of fused-ring (bicyclic) bond motifs is 1. The van der Waals surface area contributed by atoms with Gasteiger partial charge in [-0.15, -0.1) is 0 Å². The number of carbonyl (C=O) groups excluding carboxylic acids is 1. The largest absolute Gasteiger partial charge is 0.386 e. The van der Waals surface area contributed by atoms with Crippen LogP contribution in [0, 0.1) is 0 Å². The van der Waals surface area contributed by atoms with Gasteiger partial charge in [0.05, 0.1) is 16.8 Å². The third-order valence-electron chi connectivity index (χ3n) is 5.63. The average Bonchev–Trinajstić information content (AvgIpc) is 2.80. The molecule has 0 aliphatic carbocycles. The summed E-state index contributed by atoms with van der Waals surface area (Å²) < 4.78 is 1.00. The van der Waals surface area contributed by atoms with Crippen molar-refractivity contribution in [2.75, 3.05) is 0 Å². The number of nitrogens with zero attached hydrogens (tertiary/aromatic N) is 1. The van der Waals surface area contributed by atoms with Crippen LogP contribution >= 0.6 is 15.9 Å². The van der Waals surface area contributed by atoms with Crippen LogP contribution in [-0.2, 0) is 12.0 Å². The molecule has 0 amide bonds. The molecule has 0 bridgehead atoms. The molecule has 166 valence electrons. The van der Waals surface area contributed by atoms with Gasteiger partial charge in [0.25, 0.3) is 0 Å². The van der Waals surface area contributed by atoms with E-state index in [2.05, 4.69) is 22.0 Å². The number of carbonyl (C=O) groups is 1. The van der Waals surface area contributed by atoms with E-state index in [0.29, 0.717) is 18.4 Å². The van der Waals surface area contributed by atoms with Crippen molar-refractivity contribution in [3.63, 3.8) is 0 Å². The Morgan fingerprint density at radius 1 is 0.970 bits per heavy atom. The number of hydrogen-bond acceptors (Lipinski definition) is 3. The van der Waals surface area contributed by atoms with Crippen molar-refractivity contribution in [3.05, 3.63) is 111 Å². The molecular formula is C29H26BrNO2. The first-order valence-corrected chi connectivity index (χ1v) is 11.8. The van der Waals surface area contributed by atoms with Crippen molar-refractivity contribution in [2.45, 2.75) is 32.3 Å². The number of benzene rings is 3. The highest BCUT2D eigenvalue weighted by Gasteiger charge is 2.19. The Hall–Kier alpha value is -3.08. The Labute approximate surface area is 203 Å². The summed E-state index contributed by atoms with van der Waals surface area (Å²) >= 11 is 3.49. The Balaban J connectivity index is 1.47. The number of ketones is 1. The van der Waals surface area contributed by atoms with Crippen molar-refractivity contribution in [3.8, 4) is 0 Å². The number of Topliss-reactive ketones (excluding diaryl/α,β-unsaturated/α-hetero) is 1. The molecule has 0 aliphatic rings. The molecule has 4 aromatic rings. The summed E-state index contributed by atoms with van der Waals surface area (Å²) in [5.74, 6) is 0.0875. The van der Waals surface area contributed by atoms with Crippen molar-refractivity contribution in [2.24, 2.45) is 0 Å². The van der Waals surface area contributed by atoms with E-state index in [4.69, 9.17) is 4.98 Å². The molecule has 0 spiro atoms. The minimum atomic E-state index is -0.933. The lowest BCUT2D eigenvalue weighted by molar-refractivity contribution is 0.0773. The maximum Gasteiger partial charge on any atom is 0.163 e. The van der Waals surface area contributed by atoms with E-state index in [0.717, 1.165) is 37.8 Å². The first-order valence-electron chi connectivity index (χ1n) is 11.0. The molecule has 3 aromatic carbocycles. The van der Waals surface area contributed by atoms with Gasteiger partial charge < -0.3 is 5.11 Å². The monoisotopic (exact) mass is 499 g/mol. The van der Waals surface area contributed by atoms with E-state index in [1.54, 1.807) is 13.8 Å². The quantitative estimate of drug-likeness (QED) is 0.273. The van der Waals surface area contributed by atoms with Gasteiger partial charge in [0, 0.05) is 21.8 Å². The van der Waals surface area contributed by atoms with E-state index >= 15 is 0 Å². The van der Waals surface area contributed by atoms with Gasteiger partial charge >= 0.3 is 0 Å². The van der Waals surface area contributed by atoms with Gasteiger partial charge in [-0.05, 0) is 67.3 Å². The van der Waals surface area contributed by atoms with Crippen molar-refractivity contribution >= 4 is 44.8 Å². The molecule has 1 aromatic heterocycles. The standard InChI is InChI=1S/C29H26BrNO2/c1-29(2,33)26-9-4-3-7-21(26)13-17-28(32)23-8-5-6-20(18-23)10-15-25-16-12-22-11-14-24(30)19-27(22)31-25/h3-12,14-16,18-19,33H,13,17H2,1-2H3/b15-10+. The zero-order valence-corrected chi connectivity index (χ0v) is 20.3. The van der Waals surface area contributed by atoms with Crippen LogP contribution in [0.2, 0.25) is 0 Å². The molecule has 0 saturated heterocycles. The lowest BCUT2D eigenvalue weighted by Crippen LogP contribution is -2.18. The third-order valence-corrected chi connectivity index (χ3v) is 6.12. The Bertz CT molecular complexity index is 1340. The topological polar surface area (TPSA) is 50.2 Å². The van der Waals surface area contributed by atoms with Gasteiger partial charge in [0.2, 0.25) is 0 Å². The maximum atomic E-state index is 12.9. The summed E-state index contributed by atoms with van der Waals surface area (Å²) in [4.78, 5) is 17.6. The predicted octanol–water partition coefficient (Wildman–Crippen LogP) is 7.21. The summed E-state index contributed by atoms with van der Waals surface area (Å²) in [6, 6.07) is 25.5. The van der Waals surface area contributed by atoms with Crippen LogP contribution < -0.4 is 0 Å². The average molecular weight is 500 g/mol. The summed E-state index contributed by atoms with van der Waals surface area (Å²) in [5, 5.41) is 11.5. The fourth-order valence-corrected chi connectivity index (χ4v) is 4.27. The number of aromatic nitrogens is 1. The smallest absolute Gasteiger partial charge is 0.163 e. The second-order valence-electron chi connectivity index (χ2n) is 8.67. The van der Waals surface area contributed by atoms with Gasteiger partial charge in [-0.25, -0.2) is 4.98 Å². The van der Waals surface area contributed by atoms with Crippen LogP contribution in [0.25, 0.3) is 23.1 Å². The number of aryl methyl sites for hydroxylation is 1. The molecule has 0 atom stereocenters. The Morgan fingerprint density at radius 3 is 2.58 bits per heavy atom. The van der Waals surface area contributed by atoms with Crippen LogP contribution in [0.1, 0.15) is 53.0 Å². The first-order chi connectivity index (χ1) is 15.8. The number of pyridine rings is 1. The second kappa shape index (κ2) is 9.82. The summed E-state index contributed by atoms with van der Waals surface area (Å²) in [7, 11) is 0. The molecule has 33 heavy (non-hydrogen) atoms. The third kappa shape index (κ3) is 5.84. The molecule has 0 unspecified atom stereocenters. The van der Waals surface area contributed by atoms with E-state index in [9.17, 15) is 9.90 Å². The highest BCUT2D eigenvalue weighted by molar-refractivity contribution is 9.10. The van der Waals surface area contributed by atoms with Crippen molar-refractivity contribution < 1.29 is 9.90 Å². The van der Waals surface area contributed by atoms with E-state index in [1.807, 2.05) is 84.9 Å². The normalized spacial score (nSPS) is 11.9. The van der Waals surface area contributed by atoms with E-state index in [-0.39, 0.29) is 5.78 Å². The zero-order valence-electron chi connectivity index (χ0n) is 18.8. The number of hydrogen-bond donors (Lipinski definition) is 1. The van der Waals surface area contributed by atoms with Gasteiger partial charge in [0.15, 0.2) is 5.78 Å². The SMILES string of the molecule is CC(C)(O)c1ccccc1CCC(=O)c1cccc(/C=C/c2ccc3ccc(Br)cc3n2)c1. The van der Waals surface area contributed by atoms with Crippen molar-refractivity contribution in [1.29, 1.82) is 0 Å². The molecule has 0 radical (unpaired) electrons.